The maximum atomic E-state index is 12.7. The molecule has 0 saturated carbocycles. The molecule has 4 aromatic rings. The number of hydrogen-bond acceptors (Lipinski definition) is 5. The van der Waals surface area contributed by atoms with Gasteiger partial charge in [0.15, 0.2) is 16.9 Å². The van der Waals surface area contributed by atoms with E-state index in [0.29, 0.717) is 44.5 Å². The summed E-state index contributed by atoms with van der Waals surface area (Å²) in [5.74, 6) is 1.07. The number of fused-ring (bicyclic) bond motifs is 1. The fourth-order valence-electron chi connectivity index (χ4n) is 3.17. The van der Waals surface area contributed by atoms with Gasteiger partial charge in [-0.15, -0.1) is 0 Å². The van der Waals surface area contributed by atoms with Crippen molar-refractivity contribution in [3.05, 3.63) is 87.5 Å². The van der Waals surface area contributed by atoms with Crippen molar-refractivity contribution in [2.24, 2.45) is 0 Å². The van der Waals surface area contributed by atoms with Gasteiger partial charge >= 0.3 is 0 Å². The minimum Gasteiger partial charge on any atom is -0.493 e. The Kier molecular flexibility index (Phi) is 5.64. The summed E-state index contributed by atoms with van der Waals surface area (Å²) in [6.07, 6.45) is 0. The minimum atomic E-state index is -0.345. The molecule has 0 spiro atoms. The van der Waals surface area contributed by atoms with Gasteiger partial charge in [-0.25, -0.2) is 0 Å². The van der Waals surface area contributed by atoms with Crippen molar-refractivity contribution in [1.82, 2.24) is 0 Å². The predicted molar refractivity (Wildman–Crippen MR) is 120 cm³/mol. The molecular weight excluding hydrogens is 418 g/mol. The van der Waals surface area contributed by atoms with Gasteiger partial charge in [0.2, 0.25) is 0 Å². The molecule has 3 aromatic carbocycles. The maximum absolute atomic E-state index is 12.7. The Bertz CT molecular complexity index is 1330. The van der Waals surface area contributed by atoms with Crippen molar-refractivity contribution in [2.45, 2.75) is 0 Å². The van der Waals surface area contributed by atoms with Crippen molar-refractivity contribution in [3.63, 3.8) is 0 Å². The lowest BCUT2D eigenvalue weighted by molar-refractivity contribution is 0.102. The van der Waals surface area contributed by atoms with E-state index in [1.807, 2.05) is 0 Å². The molecular formula is C24H18ClNO5. The van der Waals surface area contributed by atoms with Crippen LogP contribution in [0.15, 0.2) is 75.9 Å². The van der Waals surface area contributed by atoms with E-state index in [2.05, 4.69) is 5.32 Å². The predicted octanol–water partition coefficient (Wildman–Crippen LogP) is 5.38. The Morgan fingerprint density at radius 1 is 0.903 bits per heavy atom. The zero-order chi connectivity index (χ0) is 22.0. The van der Waals surface area contributed by atoms with Crippen LogP contribution < -0.4 is 20.2 Å². The number of rotatable bonds is 5. The number of halogens is 1. The number of nitrogens with one attached hydrogen (secondary N) is 1. The van der Waals surface area contributed by atoms with Crippen LogP contribution in [-0.2, 0) is 0 Å². The lowest BCUT2D eigenvalue weighted by Gasteiger charge is -2.10. The van der Waals surface area contributed by atoms with Gasteiger partial charge in [-0.1, -0.05) is 11.6 Å². The first-order chi connectivity index (χ1) is 15.0. The number of amides is 1. The standard InChI is InChI=1S/C24H18ClNO5/c1-29-21-9-5-15(11-23(21)30-2)24(28)26-17-8-10-20-18(12-17)19(27)13-22(31-20)14-3-6-16(25)7-4-14/h3-13H,1-2H3,(H,26,28). The van der Waals surface area contributed by atoms with E-state index in [1.54, 1.807) is 60.7 Å². The second kappa shape index (κ2) is 8.53. The first-order valence-electron chi connectivity index (χ1n) is 9.36. The van der Waals surface area contributed by atoms with Crippen molar-refractivity contribution in [2.75, 3.05) is 19.5 Å². The second-order valence-corrected chi connectivity index (χ2v) is 7.15. The lowest BCUT2D eigenvalue weighted by Crippen LogP contribution is -2.12. The van der Waals surface area contributed by atoms with Gasteiger partial charge in [0.1, 0.15) is 11.3 Å². The average Bonchev–Trinajstić information content (AvgIpc) is 2.79. The van der Waals surface area contributed by atoms with Crippen LogP contribution in [0.5, 0.6) is 11.5 Å². The van der Waals surface area contributed by atoms with Gasteiger partial charge < -0.3 is 19.2 Å². The summed E-state index contributed by atoms with van der Waals surface area (Å²) in [6.45, 7) is 0. The number of methoxy groups -OCH3 is 2. The minimum absolute atomic E-state index is 0.214. The molecule has 1 aromatic heterocycles. The van der Waals surface area contributed by atoms with Gasteiger partial charge in [-0.3, -0.25) is 9.59 Å². The van der Waals surface area contributed by atoms with Crippen molar-refractivity contribution >= 4 is 34.2 Å². The van der Waals surface area contributed by atoms with E-state index in [9.17, 15) is 9.59 Å². The maximum Gasteiger partial charge on any atom is 0.255 e. The van der Waals surface area contributed by atoms with Crippen molar-refractivity contribution in [1.29, 1.82) is 0 Å². The molecule has 0 bridgehead atoms. The van der Waals surface area contributed by atoms with Crippen LogP contribution in [0.2, 0.25) is 5.02 Å². The summed E-state index contributed by atoms with van der Waals surface area (Å²) in [5, 5.41) is 3.75. The summed E-state index contributed by atoms with van der Waals surface area (Å²) in [7, 11) is 3.02. The third-order valence-electron chi connectivity index (χ3n) is 4.76. The topological polar surface area (TPSA) is 77.8 Å². The van der Waals surface area contributed by atoms with E-state index in [0.717, 1.165) is 5.56 Å². The molecule has 0 atom stereocenters. The highest BCUT2D eigenvalue weighted by atomic mass is 35.5. The molecule has 1 N–H and O–H groups in total. The Balaban J connectivity index is 1.63. The smallest absolute Gasteiger partial charge is 0.255 e. The molecule has 0 radical (unpaired) electrons. The highest BCUT2D eigenvalue weighted by Crippen LogP contribution is 2.28. The third kappa shape index (κ3) is 4.25. The number of hydrogen-bond donors (Lipinski definition) is 1. The fourth-order valence-corrected chi connectivity index (χ4v) is 3.30. The van der Waals surface area contributed by atoms with E-state index in [1.165, 1.54) is 20.3 Å². The molecule has 0 saturated heterocycles. The Morgan fingerprint density at radius 2 is 1.65 bits per heavy atom. The normalized spacial score (nSPS) is 10.7. The summed E-state index contributed by atoms with van der Waals surface area (Å²) < 4.78 is 16.3. The molecule has 0 unspecified atom stereocenters. The van der Waals surface area contributed by atoms with E-state index in [-0.39, 0.29) is 11.3 Å². The number of carbonyl (C=O) groups is 1. The largest absolute Gasteiger partial charge is 0.493 e. The number of anilines is 1. The number of benzene rings is 3. The van der Waals surface area contributed by atoms with E-state index in [4.69, 9.17) is 25.5 Å². The van der Waals surface area contributed by atoms with Crippen LogP contribution in [0, 0.1) is 0 Å². The van der Waals surface area contributed by atoms with Gasteiger partial charge in [-0.05, 0) is 60.7 Å². The first kappa shape index (κ1) is 20.5. The lowest BCUT2D eigenvalue weighted by atomic mass is 10.1. The average molecular weight is 436 g/mol. The molecule has 0 fully saturated rings. The summed E-state index contributed by atoms with van der Waals surface area (Å²) in [6, 6.07) is 18.2. The van der Waals surface area contributed by atoms with Crippen LogP contribution in [0.25, 0.3) is 22.3 Å². The monoisotopic (exact) mass is 435 g/mol. The first-order valence-corrected chi connectivity index (χ1v) is 9.73. The molecule has 31 heavy (non-hydrogen) atoms. The molecule has 0 aliphatic rings. The Labute approximate surface area is 183 Å². The Morgan fingerprint density at radius 3 is 2.35 bits per heavy atom. The molecule has 4 rings (SSSR count). The zero-order valence-corrected chi connectivity index (χ0v) is 17.5. The van der Waals surface area contributed by atoms with Crippen LogP contribution in [0.1, 0.15) is 10.4 Å². The highest BCUT2D eigenvalue weighted by molar-refractivity contribution is 6.30. The molecule has 0 aliphatic heterocycles. The molecule has 1 amide bonds. The van der Waals surface area contributed by atoms with E-state index >= 15 is 0 Å². The highest BCUT2D eigenvalue weighted by Gasteiger charge is 2.13. The second-order valence-electron chi connectivity index (χ2n) is 6.72. The van der Waals surface area contributed by atoms with E-state index < -0.39 is 0 Å². The number of ether oxygens (including phenoxy) is 2. The van der Waals surface area contributed by atoms with Crippen LogP contribution in [-0.4, -0.2) is 20.1 Å². The van der Waals surface area contributed by atoms with Crippen LogP contribution in [0.3, 0.4) is 0 Å². The van der Waals surface area contributed by atoms with Gasteiger partial charge in [0, 0.05) is 27.9 Å². The molecule has 0 aliphatic carbocycles. The van der Waals surface area contributed by atoms with Gasteiger partial charge in [0.05, 0.1) is 19.6 Å². The molecule has 1 heterocycles. The number of carbonyl (C=O) groups excluding carboxylic acids is 1. The molecule has 7 heteroatoms. The van der Waals surface area contributed by atoms with Crippen molar-refractivity contribution < 1.29 is 18.7 Å². The van der Waals surface area contributed by atoms with Crippen LogP contribution >= 0.6 is 11.6 Å². The summed E-state index contributed by atoms with van der Waals surface area (Å²) in [5.41, 5.74) is 1.81. The van der Waals surface area contributed by atoms with Gasteiger partial charge in [-0.2, -0.15) is 0 Å². The van der Waals surface area contributed by atoms with Crippen LogP contribution in [0.4, 0.5) is 5.69 Å². The summed E-state index contributed by atoms with van der Waals surface area (Å²) in [4.78, 5) is 25.3. The quantitative estimate of drug-likeness (QED) is 0.455. The molecule has 156 valence electrons. The fraction of sp³-hybridized carbons (Fsp3) is 0.0833. The van der Waals surface area contributed by atoms with Gasteiger partial charge in [0.25, 0.3) is 5.91 Å². The summed E-state index contributed by atoms with van der Waals surface area (Å²) >= 11 is 5.92. The zero-order valence-electron chi connectivity index (χ0n) is 16.8. The Hall–Kier alpha value is -3.77. The third-order valence-corrected chi connectivity index (χ3v) is 5.01. The van der Waals surface area contributed by atoms with Crippen molar-refractivity contribution in [3.8, 4) is 22.8 Å². The molecule has 6 nitrogen and oxygen atoms in total. The SMILES string of the molecule is COc1ccc(C(=O)Nc2ccc3oc(-c4ccc(Cl)cc4)cc(=O)c3c2)cc1OC.